The van der Waals surface area contributed by atoms with Gasteiger partial charge in [-0.25, -0.2) is 9.48 Å². The van der Waals surface area contributed by atoms with Crippen molar-refractivity contribution in [2.75, 3.05) is 25.4 Å². The van der Waals surface area contributed by atoms with Crippen LogP contribution in [0, 0.1) is 0 Å². The summed E-state index contributed by atoms with van der Waals surface area (Å²) in [5.74, 6) is 0.750. The number of rotatable bonds is 1. The first-order chi connectivity index (χ1) is 9.85. The first-order valence-electron chi connectivity index (χ1n) is 7.39. The molecule has 0 aliphatic carbocycles. The van der Waals surface area contributed by atoms with Gasteiger partial charge in [-0.1, -0.05) is 0 Å². The Labute approximate surface area is 124 Å². The van der Waals surface area contributed by atoms with Crippen molar-refractivity contribution in [1.82, 2.24) is 20.0 Å². The summed E-state index contributed by atoms with van der Waals surface area (Å²) in [6.45, 7) is 8.52. The second-order valence-electron chi connectivity index (χ2n) is 6.72. The molecular weight excluding hydrogens is 270 g/mol. The largest absolute Gasteiger partial charge is 0.444 e. The molecule has 7 nitrogen and oxygen atoms in total. The van der Waals surface area contributed by atoms with Crippen LogP contribution in [0.2, 0.25) is 0 Å². The molecule has 2 aliphatic heterocycles. The van der Waals surface area contributed by atoms with Crippen LogP contribution in [0.3, 0.4) is 0 Å². The van der Waals surface area contributed by atoms with E-state index in [1.165, 1.54) is 0 Å². The van der Waals surface area contributed by atoms with Crippen LogP contribution >= 0.6 is 0 Å². The summed E-state index contributed by atoms with van der Waals surface area (Å²) in [7, 11) is 0. The van der Waals surface area contributed by atoms with Crippen LogP contribution in [-0.4, -0.2) is 46.0 Å². The van der Waals surface area contributed by atoms with Crippen molar-refractivity contribution in [3.63, 3.8) is 0 Å². The summed E-state index contributed by atoms with van der Waals surface area (Å²) in [4.78, 5) is 13.8. The SMILES string of the molecule is CC(C)(C)OC(=O)N1CCc2c(nn(C3CNC3)c2N)C1. The van der Waals surface area contributed by atoms with Gasteiger partial charge in [0.2, 0.25) is 0 Å². The molecule has 0 spiro atoms. The van der Waals surface area contributed by atoms with Crippen LogP contribution in [0.15, 0.2) is 0 Å². The first-order valence-corrected chi connectivity index (χ1v) is 7.39. The fourth-order valence-corrected chi connectivity index (χ4v) is 2.64. The number of carbonyl (C=O) groups is 1. The number of amides is 1. The highest BCUT2D eigenvalue weighted by atomic mass is 16.6. The molecule has 2 aliphatic rings. The van der Waals surface area contributed by atoms with Gasteiger partial charge < -0.3 is 20.7 Å². The van der Waals surface area contributed by atoms with Crippen LogP contribution in [0.4, 0.5) is 10.6 Å². The topological polar surface area (TPSA) is 85.4 Å². The van der Waals surface area contributed by atoms with Gasteiger partial charge in [0.25, 0.3) is 0 Å². The Hall–Kier alpha value is -1.76. The van der Waals surface area contributed by atoms with Gasteiger partial charge in [-0.2, -0.15) is 5.10 Å². The zero-order valence-electron chi connectivity index (χ0n) is 12.8. The standard InChI is InChI=1S/C14H23N5O2/c1-14(2,3)21-13(20)18-5-4-10-11(8-18)17-19(12(10)15)9-6-16-7-9/h9,16H,4-8,15H2,1-3H3. The lowest BCUT2D eigenvalue weighted by atomic mass is 10.1. The molecule has 7 heteroatoms. The number of carbonyl (C=O) groups excluding carboxylic acids is 1. The molecule has 3 rings (SSSR count). The minimum absolute atomic E-state index is 0.286. The van der Waals surface area contributed by atoms with Gasteiger partial charge in [-0.05, 0) is 27.2 Å². The van der Waals surface area contributed by atoms with E-state index < -0.39 is 5.60 Å². The maximum absolute atomic E-state index is 12.1. The Morgan fingerprint density at radius 1 is 1.43 bits per heavy atom. The number of aromatic nitrogens is 2. The fourth-order valence-electron chi connectivity index (χ4n) is 2.64. The second-order valence-corrected chi connectivity index (χ2v) is 6.72. The number of nitrogens with one attached hydrogen (secondary N) is 1. The Balaban J connectivity index is 1.75. The number of nitrogens with two attached hydrogens (primary N) is 1. The number of nitrogen functional groups attached to an aromatic ring is 1. The maximum atomic E-state index is 12.1. The summed E-state index contributed by atoms with van der Waals surface area (Å²) >= 11 is 0. The molecule has 0 saturated carbocycles. The minimum atomic E-state index is -0.479. The van der Waals surface area contributed by atoms with E-state index in [-0.39, 0.29) is 6.09 Å². The van der Waals surface area contributed by atoms with Crippen molar-refractivity contribution >= 4 is 11.9 Å². The van der Waals surface area contributed by atoms with E-state index in [9.17, 15) is 4.79 Å². The van der Waals surface area contributed by atoms with E-state index in [1.54, 1.807) is 4.90 Å². The normalized spacial score (nSPS) is 19.1. The van der Waals surface area contributed by atoms with Gasteiger partial charge in [0.1, 0.15) is 11.4 Å². The molecule has 0 aromatic carbocycles. The van der Waals surface area contributed by atoms with Gasteiger partial charge in [0.15, 0.2) is 0 Å². The van der Waals surface area contributed by atoms with Crippen LogP contribution < -0.4 is 11.1 Å². The second kappa shape index (κ2) is 4.91. The molecule has 1 saturated heterocycles. The molecule has 0 radical (unpaired) electrons. The Morgan fingerprint density at radius 3 is 2.71 bits per heavy atom. The monoisotopic (exact) mass is 293 g/mol. The van der Waals surface area contributed by atoms with E-state index >= 15 is 0 Å². The van der Waals surface area contributed by atoms with E-state index in [4.69, 9.17) is 10.5 Å². The molecule has 1 amide bonds. The highest BCUT2D eigenvalue weighted by Gasteiger charge is 2.31. The lowest BCUT2D eigenvalue weighted by Crippen LogP contribution is -2.44. The number of fused-ring (bicyclic) bond motifs is 1. The zero-order chi connectivity index (χ0) is 15.2. The molecule has 1 aromatic rings. The number of hydrogen-bond donors (Lipinski definition) is 2. The smallest absolute Gasteiger partial charge is 0.410 e. The molecule has 3 heterocycles. The number of nitrogens with zero attached hydrogens (tertiary/aromatic N) is 3. The predicted octanol–water partition coefficient (Wildman–Crippen LogP) is 0.903. The zero-order valence-corrected chi connectivity index (χ0v) is 12.8. The number of anilines is 1. The van der Waals surface area contributed by atoms with E-state index in [1.807, 2.05) is 25.5 Å². The molecule has 0 unspecified atom stereocenters. The van der Waals surface area contributed by atoms with E-state index in [0.29, 0.717) is 19.1 Å². The van der Waals surface area contributed by atoms with Gasteiger partial charge in [0.05, 0.1) is 18.3 Å². The van der Waals surface area contributed by atoms with Gasteiger partial charge in [-0.3, -0.25) is 0 Å². The quantitative estimate of drug-likeness (QED) is 0.803. The highest BCUT2D eigenvalue weighted by molar-refractivity contribution is 5.69. The molecule has 1 fully saturated rings. The molecule has 3 N–H and O–H groups in total. The Morgan fingerprint density at radius 2 is 2.14 bits per heavy atom. The van der Waals surface area contributed by atoms with Crippen molar-refractivity contribution in [1.29, 1.82) is 0 Å². The van der Waals surface area contributed by atoms with Crippen LogP contribution in [-0.2, 0) is 17.7 Å². The molecule has 0 bridgehead atoms. The Kier molecular flexibility index (Phi) is 3.32. The third kappa shape index (κ3) is 2.70. The third-order valence-corrected chi connectivity index (χ3v) is 3.86. The summed E-state index contributed by atoms with van der Waals surface area (Å²) in [5.41, 5.74) is 7.70. The summed E-state index contributed by atoms with van der Waals surface area (Å²) in [6.07, 6.45) is 0.451. The summed E-state index contributed by atoms with van der Waals surface area (Å²) in [6, 6.07) is 0.338. The highest BCUT2D eigenvalue weighted by Crippen LogP contribution is 2.28. The minimum Gasteiger partial charge on any atom is -0.444 e. The van der Waals surface area contributed by atoms with Crippen LogP contribution in [0.25, 0.3) is 0 Å². The van der Waals surface area contributed by atoms with Gasteiger partial charge >= 0.3 is 6.09 Å². The average Bonchev–Trinajstić information content (AvgIpc) is 2.62. The predicted molar refractivity (Wildman–Crippen MR) is 78.9 cm³/mol. The molecular formula is C14H23N5O2. The van der Waals surface area contributed by atoms with Crippen molar-refractivity contribution < 1.29 is 9.53 Å². The van der Waals surface area contributed by atoms with Gasteiger partial charge in [0, 0.05) is 25.2 Å². The van der Waals surface area contributed by atoms with Crippen LogP contribution in [0.5, 0.6) is 0 Å². The molecule has 1 aromatic heterocycles. The van der Waals surface area contributed by atoms with Gasteiger partial charge in [-0.15, -0.1) is 0 Å². The molecule has 21 heavy (non-hydrogen) atoms. The lowest BCUT2D eigenvalue weighted by molar-refractivity contribution is 0.0221. The summed E-state index contributed by atoms with van der Waals surface area (Å²) in [5, 5.41) is 7.82. The van der Waals surface area contributed by atoms with Crippen molar-refractivity contribution in [2.45, 2.75) is 45.4 Å². The van der Waals surface area contributed by atoms with Crippen molar-refractivity contribution in [2.24, 2.45) is 0 Å². The number of ether oxygens (including phenoxy) is 1. The maximum Gasteiger partial charge on any atom is 0.410 e. The summed E-state index contributed by atoms with van der Waals surface area (Å²) < 4.78 is 7.32. The molecule has 116 valence electrons. The van der Waals surface area contributed by atoms with E-state index in [2.05, 4.69) is 10.4 Å². The van der Waals surface area contributed by atoms with Crippen molar-refractivity contribution in [3.8, 4) is 0 Å². The Bertz CT molecular complexity index is 556. The van der Waals surface area contributed by atoms with E-state index in [0.717, 1.165) is 36.6 Å². The van der Waals surface area contributed by atoms with Crippen LogP contribution in [0.1, 0.15) is 38.1 Å². The average molecular weight is 293 g/mol. The molecule has 0 atom stereocenters. The third-order valence-electron chi connectivity index (χ3n) is 3.86. The van der Waals surface area contributed by atoms with Crippen molar-refractivity contribution in [3.05, 3.63) is 11.3 Å². The first kappa shape index (κ1) is 14.2. The lowest BCUT2D eigenvalue weighted by Gasteiger charge is -2.29. The fraction of sp³-hybridized carbons (Fsp3) is 0.714. The number of hydrogen-bond acceptors (Lipinski definition) is 5.